The van der Waals surface area contributed by atoms with Gasteiger partial charge in [-0.1, -0.05) is 19.8 Å². The molecule has 0 saturated carbocycles. The van der Waals surface area contributed by atoms with Gasteiger partial charge < -0.3 is 20.4 Å². The number of pyridine rings is 5. The van der Waals surface area contributed by atoms with E-state index in [9.17, 15) is 43.3 Å². The molecule has 5 aromatic heterocycles. The molecule has 34 heteroatoms. The monoisotopic (exact) mass is 1490 g/mol. The molecule has 1 amide bonds. The maximum Gasteiger partial charge on any atom is 0.494 e. The summed E-state index contributed by atoms with van der Waals surface area (Å²) in [6.45, 7) is 16.8. The van der Waals surface area contributed by atoms with Gasteiger partial charge in [-0.2, -0.15) is 33.9 Å². The van der Waals surface area contributed by atoms with Crippen molar-refractivity contribution < 1.29 is 52.6 Å². The number of carbonyl (C=O) groups excluding carboxylic acids is 2. The Labute approximate surface area is 545 Å². The van der Waals surface area contributed by atoms with Crippen LogP contribution in [-0.2, 0) is 66.0 Å². The van der Waals surface area contributed by atoms with Crippen LogP contribution in [0.5, 0.6) is 0 Å². The maximum absolute atomic E-state index is 12.5. The number of hydrogen-bond donors (Lipinski definition) is 4. The van der Waals surface area contributed by atoms with Crippen LogP contribution in [0.4, 0.5) is 17.2 Å². The zero-order chi connectivity index (χ0) is 66.3. The standard InChI is InChI=1S/C16H19N5O3S.C14H20BNO3.C9H12BrN3O2S.C5H3Br2N.C5H11NO2S.C5H13N.H4N2O2S/c1-12(22)19-16-9-13(4-5-18-16)14-8-15(11-17-10-14)21-7-3-6-20(2)25(21,23)24;1-10(17)8-12-9-11(6-7-16-12)15-18-13(2,3)14(4,5)19-15;1-12-3-2-4-13(16(12,14)15)9-5-8(10)6-11-7-9;6-4-1-5(7)3-8-2-4;1-6-4-2-3-5-9(6,7)8;1-2-3-4-5-6;1-5(2,3)4/h4-5,8-11H,3,6-7H2,1-2H3,(H,18,19,22);6-7,9H,8H2,1-5H3;5-7H,2-4H2,1H3;1-3H;2-5H2,1H3;2-6H2,1H3;(H4,1,2,3,4). The number of amides is 1. The van der Waals surface area contributed by atoms with E-state index in [1.807, 2.05) is 45.9 Å². The van der Waals surface area contributed by atoms with Crippen LogP contribution in [0.25, 0.3) is 11.1 Å². The van der Waals surface area contributed by atoms with E-state index in [0.717, 1.165) is 67.9 Å². The van der Waals surface area contributed by atoms with Gasteiger partial charge in [0, 0.05) is 129 Å². The molecule has 0 unspecified atom stereocenters. The highest BCUT2D eigenvalue weighted by molar-refractivity contribution is 9.11. The SMILES string of the molecule is Brc1cncc(Br)c1.CC(=O)Cc1cc(B2OC(C)(C)C(C)(C)O2)ccn1.CC(=O)Nc1cc(-c2cncc(N3CCCN(C)S3(=O)=O)c2)ccn1.CCCCCN.CN1CCCCS1(=O)=O.CN1CCCN(c2cncc(Br)c2)S1(=O)=O.NS(N)(=O)=O. The van der Waals surface area contributed by atoms with Crippen LogP contribution in [0.2, 0.25) is 0 Å². The molecule has 0 atom stereocenters. The Kier molecular flexibility index (Phi) is 31.7. The first-order valence-corrected chi connectivity index (χ1v) is 36.1. The first kappa shape index (κ1) is 77.7. The molecule has 9 heterocycles. The number of nitrogens with two attached hydrogens (primary N) is 3. The van der Waals surface area contributed by atoms with Gasteiger partial charge >= 0.3 is 27.5 Å². The predicted octanol–water partition coefficient (Wildman–Crippen LogP) is 6.16. The summed E-state index contributed by atoms with van der Waals surface area (Å²) >= 11 is 9.82. The van der Waals surface area contributed by atoms with Crippen molar-refractivity contribution in [2.24, 2.45) is 16.0 Å². The lowest BCUT2D eigenvalue weighted by Crippen LogP contribution is -2.48. The summed E-state index contributed by atoms with van der Waals surface area (Å²) in [6, 6.07) is 12.7. The normalized spacial score (nSPS) is 18.2. The molecule has 9 rings (SSSR count). The number of Topliss-reactive ketones (excluding diaryl/α,β-unsaturated/α-hetero) is 1. The first-order valence-electron chi connectivity index (χ1n) is 27.7. The van der Waals surface area contributed by atoms with Crippen molar-refractivity contribution in [1.82, 2.24) is 37.8 Å². The lowest BCUT2D eigenvalue weighted by molar-refractivity contribution is -0.116. The van der Waals surface area contributed by atoms with Crippen molar-refractivity contribution in [2.45, 2.75) is 111 Å². The third-order valence-corrected chi connectivity index (χ3v) is 20.4. The van der Waals surface area contributed by atoms with Gasteiger partial charge in [-0.25, -0.2) is 28.0 Å². The number of ketones is 1. The second-order valence-electron chi connectivity index (χ2n) is 21.2. The molecular formula is C54H82BBr3N14O12S4. The van der Waals surface area contributed by atoms with Crippen LogP contribution >= 0.6 is 47.8 Å². The molecule has 488 valence electrons. The highest BCUT2D eigenvalue weighted by Crippen LogP contribution is 2.36. The Balaban J connectivity index is 0.000000287. The molecule has 0 aliphatic carbocycles. The highest BCUT2D eigenvalue weighted by Gasteiger charge is 2.51. The summed E-state index contributed by atoms with van der Waals surface area (Å²) in [5, 5.41) is 10.8. The summed E-state index contributed by atoms with van der Waals surface area (Å²) in [5.74, 6) is 0.655. The van der Waals surface area contributed by atoms with Gasteiger partial charge in [-0.05, 0) is 175 Å². The minimum atomic E-state index is -3.67. The number of unbranched alkanes of at least 4 members (excludes halogenated alkanes) is 2. The molecule has 26 nitrogen and oxygen atoms in total. The van der Waals surface area contributed by atoms with E-state index in [4.69, 9.17) is 15.0 Å². The Morgan fingerprint density at radius 2 is 1.14 bits per heavy atom. The molecule has 4 aliphatic rings. The average Bonchev–Trinajstić information content (AvgIpc) is 1.44. The van der Waals surface area contributed by atoms with Crippen LogP contribution in [0, 0.1) is 0 Å². The second kappa shape index (κ2) is 35.9. The van der Waals surface area contributed by atoms with Gasteiger partial charge in [0.15, 0.2) is 0 Å². The molecule has 4 aliphatic heterocycles. The van der Waals surface area contributed by atoms with Crippen LogP contribution in [0.3, 0.4) is 0 Å². The van der Waals surface area contributed by atoms with Crippen LogP contribution in [-0.4, -0.2) is 168 Å². The van der Waals surface area contributed by atoms with Crippen molar-refractivity contribution in [3.8, 4) is 11.1 Å². The summed E-state index contributed by atoms with van der Waals surface area (Å²) in [5.41, 5.74) is 8.80. The van der Waals surface area contributed by atoms with Gasteiger partial charge in [-0.15, -0.1) is 0 Å². The van der Waals surface area contributed by atoms with E-state index in [1.54, 1.807) is 95.7 Å². The van der Waals surface area contributed by atoms with E-state index in [1.165, 1.54) is 53.9 Å². The van der Waals surface area contributed by atoms with Gasteiger partial charge in [0.1, 0.15) is 11.6 Å². The molecule has 0 bridgehead atoms. The van der Waals surface area contributed by atoms with Gasteiger partial charge in [0.05, 0.1) is 40.7 Å². The molecule has 88 heavy (non-hydrogen) atoms. The highest BCUT2D eigenvalue weighted by atomic mass is 79.9. The molecule has 4 saturated heterocycles. The zero-order valence-corrected chi connectivity index (χ0v) is 59.2. The second-order valence-corrected chi connectivity index (χ2v) is 31.3. The average molecular weight is 1500 g/mol. The molecule has 5 aromatic rings. The topological polar surface area (TPSA) is 360 Å². The smallest absolute Gasteiger partial charge is 0.399 e. The minimum absolute atomic E-state index is 0.0959. The van der Waals surface area contributed by atoms with Gasteiger partial charge in [0.25, 0.3) is 10.2 Å². The van der Waals surface area contributed by atoms with Crippen LogP contribution < -0.4 is 35.4 Å². The Morgan fingerprint density at radius 1 is 0.648 bits per heavy atom. The van der Waals surface area contributed by atoms with Crippen molar-refractivity contribution in [3.05, 3.63) is 111 Å². The molecule has 7 N–H and O–H groups in total. The van der Waals surface area contributed by atoms with E-state index in [0.29, 0.717) is 62.1 Å². The number of nitrogens with one attached hydrogen (secondary N) is 1. The number of aromatic nitrogens is 5. The fraction of sp³-hybridized carbons (Fsp3) is 0.500. The molecule has 0 spiro atoms. The van der Waals surface area contributed by atoms with E-state index in [2.05, 4.69) is 95.2 Å². The fourth-order valence-electron chi connectivity index (χ4n) is 7.98. The lowest BCUT2D eigenvalue weighted by atomic mass is 9.79. The third kappa shape index (κ3) is 26.4. The number of rotatable bonds is 10. The third-order valence-electron chi connectivity index (χ3n) is 13.3. The van der Waals surface area contributed by atoms with Crippen molar-refractivity contribution in [2.75, 3.05) is 80.1 Å². The van der Waals surface area contributed by atoms with Crippen LogP contribution in [0.15, 0.2) is 105 Å². The van der Waals surface area contributed by atoms with E-state index >= 15 is 0 Å². The van der Waals surface area contributed by atoms with E-state index in [-0.39, 0.29) is 22.9 Å². The number of carbonyl (C=O) groups is 2. The Morgan fingerprint density at radius 3 is 1.57 bits per heavy atom. The van der Waals surface area contributed by atoms with Crippen molar-refractivity contribution in [1.29, 1.82) is 0 Å². The summed E-state index contributed by atoms with van der Waals surface area (Å²) in [7, 11) is -8.99. The predicted molar refractivity (Wildman–Crippen MR) is 356 cm³/mol. The van der Waals surface area contributed by atoms with Crippen LogP contribution in [0.1, 0.15) is 99.1 Å². The van der Waals surface area contributed by atoms with Gasteiger partial charge in [-0.3, -0.25) is 38.1 Å². The fourth-order valence-corrected chi connectivity index (χ4v) is 13.5. The summed E-state index contributed by atoms with van der Waals surface area (Å²) in [6.07, 6.45) is 20.6. The minimum Gasteiger partial charge on any atom is -0.399 e. The summed E-state index contributed by atoms with van der Waals surface area (Å²) in [4.78, 5) is 42.7. The molecular weight excluding hydrogens is 1420 g/mol. The zero-order valence-electron chi connectivity index (χ0n) is 51.2. The number of sulfonamides is 1. The first-order chi connectivity index (χ1) is 40.9. The number of anilines is 3. The molecule has 0 aromatic carbocycles. The Bertz CT molecular complexity index is 3490. The largest absolute Gasteiger partial charge is 0.494 e. The summed E-state index contributed by atoms with van der Waals surface area (Å²) < 4.78 is 111. The number of nitrogens with zero attached hydrogens (tertiary/aromatic N) is 10. The quantitative estimate of drug-likeness (QED) is 0.0897. The van der Waals surface area contributed by atoms with E-state index < -0.39 is 47.8 Å². The lowest BCUT2D eigenvalue weighted by Gasteiger charge is -2.33. The molecule has 4 fully saturated rings. The molecule has 0 radical (unpaired) electrons. The maximum atomic E-state index is 12.5. The number of halogens is 3. The Hall–Kier alpha value is -4.53. The van der Waals surface area contributed by atoms with Gasteiger partial charge in [0.2, 0.25) is 15.9 Å². The van der Waals surface area contributed by atoms with Crippen molar-refractivity contribution in [3.63, 3.8) is 0 Å². The number of hydrogen-bond acceptors (Lipinski definition) is 18. The van der Waals surface area contributed by atoms with Crippen molar-refractivity contribution >= 4 is 130 Å².